The number of aromatic nitrogens is 2. The first-order chi connectivity index (χ1) is 15.0. The highest BCUT2D eigenvalue weighted by Crippen LogP contribution is 2.39. The number of ether oxygens (including phenoxy) is 2. The average Bonchev–Trinajstić information content (AvgIpc) is 3.27. The zero-order valence-electron chi connectivity index (χ0n) is 16.3. The fourth-order valence-corrected chi connectivity index (χ4v) is 4.04. The molecule has 1 aromatic heterocycles. The Morgan fingerprint density at radius 1 is 1.29 bits per heavy atom. The number of benzene rings is 1. The Balaban J connectivity index is 1.48. The SMILES string of the molecule is NC(=O)C1CN(c2ccc3c(c2)OCCn2cc(N4C(=C=O)OC[C@H]4C(F)F)nc2-3)C1. The van der Waals surface area contributed by atoms with Crippen molar-refractivity contribution in [2.45, 2.75) is 19.0 Å². The first-order valence-electron chi connectivity index (χ1n) is 9.80. The second kappa shape index (κ2) is 7.28. The van der Waals surface area contributed by atoms with Crippen LogP contribution in [0.1, 0.15) is 0 Å². The van der Waals surface area contributed by atoms with Crippen LogP contribution in [-0.4, -0.2) is 60.2 Å². The lowest BCUT2D eigenvalue weighted by Gasteiger charge is -2.39. The molecule has 0 saturated carbocycles. The van der Waals surface area contributed by atoms with Gasteiger partial charge in [0.1, 0.15) is 30.8 Å². The molecule has 3 aliphatic rings. The van der Waals surface area contributed by atoms with Gasteiger partial charge >= 0.3 is 0 Å². The fourth-order valence-electron chi connectivity index (χ4n) is 4.04. The number of fused-ring (bicyclic) bond motifs is 3. The minimum absolute atomic E-state index is 0.160. The van der Waals surface area contributed by atoms with E-state index < -0.39 is 12.5 Å². The summed E-state index contributed by atoms with van der Waals surface area (Å²) < 4.78 is 39.7. The molecule has 2 N–H and O–H groups in total. The lowest BCUT2D eigenvalue weighted by molar-refractivity contribution is -0.122. The highest BCUT2D eigenvalue weighted by Gasteiger charge is 2.40. The van der Waals surface area contributed by atoms with E-state index in [1.165, 1.54) is 0 Å². The maximum atomic E-state index is 13.5. The van der Waals surface area contributed by atoms with E-state index in [1.54, 1.807) is 16.7 Å². The van der Waals surface area contributed by atoms with E-state index in [-0.39, 0.29) is 30.1 Å². The van der Waals surface area contributed by atoms with Gasteiger partial charge in [-0.25, -0.2) is 18.6 Å². The summed E-state index contributed by atoms with van der Waals surface area (Å²) in [5.41, 5.74) is 6.93. The predicted octanol–water partition coefficient (Wildman–Crippen LogP) is 1.01. The number of primary amides is 1. The van der Waals surface area contributed by atoms with Crippen LogP contribution in [0.25, 0.3) is 11.4 Å². The number of hydrogen-bond acceptors (Lipinski definition) is 7. The Bertz CT molecular complexity index is 1090. The topological polar surface area (TPSA) is 103 Å². The van der Waals surface area contributed by atoms with Crippen LogP contribution in [-0.2, 0) is 20.9 Å². The minimum Gasteiger partial charge on any atom is -0.491 e. The number of rotatable bonds is 4. The van der Waals surface area contributed by atoms with Crippen molar-refractivity contribution < 1.29 is 27.8 Å². The van der Waals surface area contributed by atoms with Gasteiger partial charge in [0.05, 0.1) is 18.0 Å². The van der Waals surface area contributed by atoms with Gasteiger partial charge in [-0.05, 0) is 12.1 Å². The zero-order valence-corrected chi connectivity index (χ0v) is 16.3. The van der Waals surface area contributed by atoms with Crippen molar-refractivity contribution in [3.63, 3.8) is 0 Å². The lowest BCUT2D eigenvalue weighted by atomic mass is 9.98. The summed E-state index contributed by atoms with van der Waals surface area (Å²) in [7, 11) is 0. The molecule has 0 spiro atoms. The number of anilines is 2. The number of halogens is 2. The van der Waals surface area contributed by atoms with Crippen molar-refractivity contribution in [3.05, 3.63) is 30.3 Å². The normalized spacial score (nSPS) is 20.4. The molecule has 9 nitrogen and oxygen atoms in total. The maximum Gasteiger partial charge on any atom is 0.284 e. The number of alkyl halides is 2. The Labute approximate surface area is 175 Å². The van der Waals surface area contributed by atoms with Crippen LogP contribution >= 0.6 is 0 Å². The van der Waals surface area contributed by atoms with Crippen molar-refractivity contribution in [1.29, 1.82) is 0 Å². The Morgan fingerprint density at radius 2 is 2.10 bits per heavy atom. The minimum atomic E-state index is -2.72. The molecule has 2 fully saturated rings. The van der Waals surface area contributed by atoms with Crippen LogP contribution in [0.15, 0.2) is 30.3 Å². The second-order valence-corrected chi connectivity index (χ2v) is 7.64. The monoisotopic (exact) mass is 431 g/mol. The summed E-state index contributed by atoms with van der Waals surface area (Å²) in [5, 5.41) is 0. The van der Waals surface area contributed by atoms with Crippen LogP contribution in [0.2, 0.25) is 0 Å². The highest BCUT2D eigenvalue weighted by molar-refractivity contribution is 5.81. The van der Waals surface area contributed by atoms with Crippen molar-refractivity contribution in [2.75, 3.05) is 36.1 Å². The summed E-state index contributed by atoms with van der Waals surface area (Å²) >= 11 is 0. The molecule has 31 heavy (non-hydrogen) atoms. The quantitative estimate of drug-likeness (QED) is 0.721. The number of carbonyl (C=O) groups is 1. The molecule has 11 heteroatoms. The summed E-state index contributed by atoms with van der Waals surface area (Å²) in [6.45, 7) is 1.60. The molecule has 5 rings (SSSR count). The van der Waals surface area contributed by atoms with Crippen LogP contribution in [0.5, 0.6) is 5.75 Å². The molecule has 162 valence electrons. The standard InChI is InChI=1S/C20H19F2N5O4/c21-18(22)14-10-31-17(9-28)27(14)16-8-25-3-4-30-15-5-12(1-2-13(15)20(25)24-16)26-6-11(7-26)19(23)29/h1-2,5,8,11,14,18H,3-4,6-7,10H2,(H2,23,29)/t14-/m0/s1. The van der Waals surface area contributed by atoms with Crippen LogP contribution < -0.4 is 20.3 Å². The zero-order chi connectivity index (χ0) is 21.7. The Morgan fingerprint density at radius 3 is 2.81 bits per heavy atom. The number of nitrogens with two attached hydrogens (primary N) is 1. The van der Waals surface area contributed by atoms with Crippen molar-refractivity contribution in [1.82, 2.24) is 9.55 Å². The molecular formula is C20H19F2N5O4. The Hall–Kier alpha value is -3.59. The predicted molar refractivity (Wildman–Crippen MR) is 105 cm³/mol. The number of hydrogen-bond donors (Lipinski definition) is 1. The van der Waals surface area contributed by atoms with Gasteiger partial charge in [-0.1, -0.05) is 0 Å². The molecule has 4 heterocycles. The van der Waals surface area contributed by atoms with Gasteiger partial charge in [0.2, 0.25) is 5.91 Å². The molecular weight excluding hydrogens is 412 g/mol. The van der Waals surface area contributed by atoms with Gasteiger partial charge in [0.25, 0.3) is 12.3 Å². The molecule has 0 bridgehead atoms. The molecule has 0 aliphatic carbocycles. The van der Waals surface area contributed by atoms with E-state index >= 15 is 0 Å². The molecule has 0 radical (unpaired) electrons. The number of imidazole rings is 1. The van der Waals surface area contributed by atoms with Crippen LogP contribution in [0, 0.1) is 5.92 Å². The van der Waals surface area contributed by atoms with E-state index in [4.69, 9.17) is 15.2 Å². The first kappa shape index (κ1) is 19.4. The van der Waals surface area contributed by atoms with Crippen LogP contribution in [0.4, 0.5) is 20.3 Å². The van der Waals surface area contributed by atoms with Crippen molar-refractivity contribution in [2.24, 2.45) is 11.7 Å². The summed E-state index contributed by atoms with van der Waals surface area (Å²) in [6, 6.07) is 4.30. The molecule has 3 aliphatic heterocycles. The molecule has 1 amide bonds. The largest absolute Gasteiger partial charge is 0.491 e. The van der Waals surface area contributed by atoms with Crippen molar-refractivity contribution in [3.8, 4) is 17.1 Å². The van der Waals surface area contributed by atoms with E-state index in [1.807, 2.05) is 23.1 Å². The fraction of sp³-hybridized carbons (Fsp3) is 0.400. The van der Waals surface area contributed by atoms with Gasteiger partial charge in [-0.15, -0.1) is 0 Å². The van der Waals surface area contributed by atoms with E-state index in [0.29, 0.717) is 43.4 Å². The molecule has 2 aromatic rings. The third kappa shape index (κ3) is 3.17. The smallest absolute Gasteiger partial charge is 0.284 e. The average molecular weight is 431 g/mol. The molecule has 1 aromatic carbocycles. The van der Waals surface area contributed by atoms with Gasteiger partial charge in [-0.3, -0.25) is 9.69 Å². The van der Waals surface area contributed by atoms with E-state index in [0.717, 1.165) is 10.6 Å². The van der Waals surface area contributed by atoms with Gasteiger partial charge in [0, 0.05) is 31.0 Å². The van der Waals surface area contributed by atoms with E-state index in [9.17, 15) is 18.4 Å². The Kier molecular flexibility index (Phi) is 4.55. The van der Waals surface area contributed by atoms with Crippen LogP contribution in [0.3, 0.4) is 0 Å². The maximum absolute atomic E-state index is 13.5. The van der Waals surface area contributed by atoms with Crippen molar-refractivity contribution >= 4 is 23.4 Å². The number of amides is 1. The number of nitrogens with zero attached hydrogens (tertiary/aromatic N) is 4. The molecule has 2 saturated heterocycles. The second-order valence-electron chi connectivity index (χ2n) is 7.64. The third-order valence-corrected chi connectivity index (χ3v) is 5.77. The van der Waals surface area contributed by atoms with Gasteiger partial charge in [0.15, 0.2) is 11.8 Å². The molecule has 0 unspecified atom stereocenters. The number of carbonyl (C=O) groups excluding carboxylic acids is 2. The highest BCUT2D eigenvalue weighted by atomic mass is 19.3. The first-order valence-corrected chi connectivity index (χ1v) is 9.80. The summed E-state index contributed by atoms with van der Waals surface area (Å²) in [5.74, 6) is 2.14. The third-order valence-electron chi connectivity index (χ3n) is 5.77. The molecule has 1 atom stereocenters. The van der Waals surface area contributed by atoms with Gasteiger partial charge < -0.3 is 24.7 Å². The van der Waals surface area contributed by atoms with E-state index in [2.05, 4.69) is 4.98 Å². The van der Waals surface area contributed by atoms with Gasteiger partial charge in [-0.2, -0.15) is 0 Å². The summed E-state index contributed by atoms with van der Waals surface area (Å²) in [6.07, 6.45) is -1.11. The lowest BCUT2D eigenvalue weighted by Crippen LogP contribution is -2.52. The summed E-state index contributed by atoms with van der Waals surface area (Å²) in [4.78, 5) is 30.1.